The summed E-state index contributed by atoms with van der Waals surface area (Å²) in [4.78, 5) is 0. The molecule has 0 heterocycles. The molecular formula is C15H16ClN. The van der Waals surface area contributed by atoms with Crippen LogP contribution in [-0.2, 0) is 13.0 Å². The quantitative estimate of drug-likeness (QED) is 0.868. The molecule has 1 nitrogen and oxygen atoms in total. The van der Waals surface area contributed by atoms with Crippen LogP contribution >= 0.6 is 11.6 Å². The Bertz CT molecular complexity index is 520. The van der Waals surface area contributed by atoms with Gasteiger partial charge in [-0.1, -0.05) is 54.9 Å². The highest BCUT2D eigenvalue weighted by molar-refractivity contribution is 6.33. The van der Waals surface area contributed by atoms with Crippen molar-refractivity contribution < 1.29 is 0 Å². The summed E-state index contributed by atoms with van der Waals surface area (Å²) in [6, 6.07) is 14.5. The van der Waals surface area contributed by atoms with Gasteiger partial charge in [-0.15, -0.1) is 0 Å². The number of halogens is 1. The smallest absolute Gasteiger partial charge is 0.0487 e. The molecule has 2 N–H and O–H groups in total. The first-order chi connectivity index (χ1) is 8.24. The lowest BCUT2D eigenvalue weighted by molar-refractivity contribution is 1.07. The Balaban J connectivity index is 2.45. The molecule has 0 aliphatic heterocycles. The van der Waals surface area contributed by atoms with Crippen LogP contribution in [0.25, 0.3) is 11.1 Å². The first-order valence-corrected chi connectivity index (χ1v) is 6.20. The van der Waals surface area contributed by atoms with Crippen LogP contribution < -0.4 is 5.73 Å². The maximum Gasteiger partial charge on any atom is 0.0487 e. The van der Waals surface area contributed by atoms with Gasteiger partial charge in [0.15, 0.2) is 0 Å². The molecule has 0 bridgehead atoms. The third-order valence-corrected chi connectivity index (χ3v) is 3.23. The largest absolute Gasteiger partial charge is 0.326 e. The molecule has 2 heteroatoms. The molecular weight excluding hydrogens is 230 g/mol. The molecule has 0 aromatic heterocycles. The number of hydrogen-bond donors (Lipinski definition) is 1. The van der Waals surface area contributed by atoms with Gasteiger partial charge in [-0.05, 0) is 29.2 Å². The van der Waals surface area contributed by atoms with Gasteiger partial charge in [0.2, 0.25) is 0 Å². The van der Waals surface area contributed by atoms with Gasteiger partial charge >= 0.3 is 0 Å². The highest BCUT2D eigenvalue weighted by Crippen LogP contribution is 2.29. The Labute approximate surface area is 107 Å². The third-order valence-electron chi connectivity index (χ3n) is 2.92. The molecule has 0 radical (unpaired) electrons. The van der Waals surface area contributed by atoms with Crippen LogP contribution in [0.5, 0.6) is 0 Å². The number of aryl methyl sites for hydroxylation is 1. The van der Waals surface area contributed by atoms with Gasteiger partial charge in [0.25, 0.3) is 0 Å². The maximum atomic E-state index is 6.28. The van der Waals surface area contributed by atoms with Crippen molar-refractivity contribution in [3.05, 3.63) is 58.6 Å². The summed E-state index contributed by atoms with van der Waals surface area (Å²) in [5.41, 5.74) is 10.2. The normalized spacial score (nSPS) is 10.5. The topological polar surface area (TPSA) is 26.0 Å². The predicted octanol–water partition coefficient (Wildman–Crippen LogP) is 4.03. The van der Waals surface area contributed by atoms with E-state index in [4.69, 9.17) is 17.3 Å². The average molecular weight is 246 g/mol. The van der Waals surface area contributed by atoms with Gasteiger partial charge < -0.3 is 5.73 Å². The first kappa shape index (κ1) is 12.2. The van der Waals surface area contributed by atoms with Crippen molar-refractivity contribution in [3.63, 3.8) is 0 Å². The predicted molar refractivity (Wildman–Crippen MR) is 74.2 cm³/mol. The minimum Gasteiger partial charge on any atom is -0.326 e. The van der Waals surface area contributed by atoms with E-state index in [1.807, 2.05) is 18.2 Å². The zero-order chi connectivity index (χ0) is 12.3. The Morgan fingerprint density at radius 2 is 1.88 bits per heavy atom. The lowest BCUT2D eigenvalue weighted by Gasteiger charge is -2.08. The fraction of sp³-hybridized carbons (Fsp3) is 0.200. The molecule has 0 fully saturated rings. The summed E-state index contributed by atoms with van der Waals surface area (Å²) in [6.45, 7) is 2.67. The minimum atomic E-state index is 0.523. The summed E-state index contributed by atoms with van der Waals surface area (Å²) >= 11 is 6.28. The van der Waals surface area contributed by atoms with Crippen molar-refractivity contribution in [2.75, 3.05) is 0 Å². The second-order valence-corrected chi connectivity index (χ2v) is 4.48. The van der Waals surface area contributed by atoms with Crippen LogP contribution in [0.1, 0.15) is 18.1 Å². The molecule has 2 rings (SSSR count). The molecule has 0 unspecified atom stereocenters. The van der Waals surface area contributed by atoms with E-state index in [2.05, 4.69) is 31.2 Å². The van der Waals surface area contributed by atoms with Crippen LogP contribution in [-0.4, -0.2) is 0 Å². The highest BCUT2D eigenvalue weighted by atomic mass is 35.5. The average Bonchev–Trinajstić information content (AvgIpc) is 2.38. The fourth-order valence-electron chi connectivity index (χ4n) is 1.88. The Hall–Kier alpha value is -1.31. The fourth-order valence-corrected chi connectivity index (χ4v) is 2.19. The van der Waals surface area contributed by atoms with Crippen molar-refractivity contribution in [2.45, 2.75) is 19.9 Å². The van der Waals surface area contributed by atoms with E-state index in [1.54, 1.807) is 0 Å². The van der Waals surface area contributed by atoms with Gasteiger partial charge in [0.1, 0.15) is 0 Å². The van der Waals surface area contributed by atoms with E-state index >= 15 is 0 Å². The van der Waals surface area contributed by atoms with Gasteiger partial charge in [-0.3, -0.25) is 0 Å². The Kier molecular flexibility index (Phi) is 3.82. The van der Waals surface area contributed by atoms with E-state index in [-0.39, 0.29) is 0 Å². The molecule has 0 spiro atoms. The first-order valence-electron chi connectivity index (χ1n) is 5.82. The minimum absolute atomic E-state index is 0.523. The standard InChI is InChI=1S/C15H16ClN/c1-2-11-4-3-5-13(8-11)14-7-6-12(10-17)9-15(14)16/h3-9H,2,10,17H2,1H3. The van der Waals surface area contributed by atoms with E-state index in [0.29, 0.717) is 6.54 Å². The van der Waals surface area contributed by atoms with E-state index < -0.39 is 0 Å². The second kappa shape index (κ2) is 5.35. The monoisotopic (exact) mass is 245 g/mol. The molecule has 0 aliphatic rings. The maximum absolute atomic E-state index is 6.28. The highest BCUT2D eigenvalue weighted by Gasteiger charge is 2.04. The van der Waals surface area contributed by atoms with Crippen molar-refractivity contribution in [2.24, 2.45) is 5.73 Å². The third kappa shape index (κ3) is 2.68. The van der Waals surface area contributed by atoms with Gasteiger partial charge in [-0.25, -0.2) is 0 Å². The number of hydrogen-bond acceptors (Lipinski definition) is 1. The van der Waals surface area contributed by atoms with Crippen molar-refractivity contribution in [1.29, 1.82) is 0 Å². The van der Waals surface area contributed by atoms with E-state index in [1.165, 1.54) is 5.56 Å². The molecule has 2 aromatic rings. The molecule has 0 atom stereocenters. The number of rotatable bonds is 3. The summed E-state index contributed by atoms with van der Waals surface area (Å²) in [7, 11) is 0. The summed E-state index contributed by atoms with van der Waals surface area (Å²) in [6.07, 6.45) is 1.03. The van der Waals surface area contributed by atoms with Crippen molar-refractivity contribution in [3.8, 4) is 11.1 Å². The zero-order valence-electron chi connectivity index (χ0n) is 9.91. The molecule has 17 heavy (non-hydrogen) atoms. The molecule has 0 saturated carbocycles. The summed E-state index contributed by atoms with van der Waals surface area (Å²) in [5.74, 6) is 0. The summed E-state index contributed by atoms with van der Waals surface area (Å²) < 4.78 is 0. The number of nitrogens with two attached hydrogens (primary N) is 1. The van der Waals surface area contributed by atoms with Gasteiger partial charge in [-0.2, -0.15) is 0 Å². The number of benzene rings is 2. The van der Waals surface area contributed by atoms with E-state index in [0.717, 1.165) is 28.1 Å². The zero-order valence-corrected chi connectivity index (χ0v) is 10.7. The molecule has 0 amide bonds. The van der Waals surface area contributed by atoms with Crippen LogP contribution in [0.3, 0.4) is 0 Å². The molecule has 88 valence electrons. The van der Waals surface area contributed by atoms with E-state index in [9.17, 15) is 0 Å². The van der Waals surface area contributed by atoms with Crippen LogP contribution in [0.15, 0.2) is 42.5 Å². The van der Waals surface area contributed by atoms with Crippen LogP contribution in [0.2, 0.25) is 5.02 Å². The molecule has 0 aliphatic carbocycles. The van der Waals surface area contributed by atoms with Gasteiger partial charge in [0, 0.05) is 17.1 Å². The second-order valence-electron chi connectivity index (χ2n) is 4.07. The van der Waals surface area contributed by atoms with Crippen molar-refractivity contribution >= 4 is 11.6 Å². The lowest BCUT2D eigenvalue weighted by Crippen LogP contribution is -1.96. The van der Waals surface area contributed by atoms with Crippen LogP contribution in [0.4, 0.5) is 0 Å². The molecule has 2 aromatic carbocycles. The Morgan fingerprint density at radius 3 is 2.53 bits per heavy atom. The summed E-state index contributed by atoms with van der Waals surface area (Å²) in [5, 5.41) is 0.765. The lowest BCUT2D eigenvalue weighted by atomic mass is 10.0. The van der Waals surface area contributed by atoms with Crippen LogP contribution in [0, 0.1) is 0 Å². The van der Waals surface area contributed by atoms with Gasteiger partial charge in [0.05, 0.1) is 0 Å². The molecule has 0 saturated heterocycles. The SMILES string of the molecule is CCc1cccc(-c2ccc(CN)cc2Cl)c1. The van der Waals surface area contributed by atoms with Crippen molar-refractivity contribution in [1.82, 2.24) is 0 Å². The Morgan fingerprint density at radius 1 is 1.06 bits per heavy atom.